The van der Waals surface area contributed by atoms with Crippen LogP contribution in [0.4, 0.5) is 0 Å². The van der Waals surface area contributed by atoms with E-state index in [4.69, 9.17) is 4.74 Å². The Hall–Kier alpha value is -1.80. The van der Waals surface area contributed by atoms with E-state index in [2.05, 4.69) is 55.6 Å². The molecule has 2 nitrogen and oxygen atoms in total. The molecule has 0 fully saturated rings. The molecular formula is C17H21NO. The van der Waals surface area contributed by atoms with Crippen LogP contribution in [-0.4, -0.2) is 7.11 Å². The molecule has 0 amide bonds. The summed E-state index contributed by atoms with van der Waals surface area (Å²) >= 11 is 0. The van der Waals surface area contributed by atoms with E-state index in [-0.39, 0.29) is 0 Å². The van der Waals surface area contributed by atoms with E-state index in [1.54, 1.807) is 7.11 Å². The average molecular weight is 255 g/mol. The van der Waals surface area contributed by atoms with Crippen LogP contribution in [-0.2, 0) is 6.54 Å². The normalized spacial score (nSPS) is 12.2. The van der Waals surface area contributed by atoms with Gasteiger partial charge in [-0.05, 0) is 37.1 Å². The fourth-order valence-corrected chi connectivity index (χ4v) is 2.07. The molecule has 0 radical (unpaired) electrons. The molecule has 0 saturated heterocycles. The van der Waals surface area contributed by atoms with Gasteiger partial charge < -0.3 is 10.1 Å². The third-order valence-corrected chi connectivity index (χ3v) is 3.31. The number of nitrogens with one attached hydrogen (secondary N) is 1. The summed E-state index contributed by atoms with van der Waals surface area (Å²) in [5.74, 6) is 0.899. The molecule has 2 rings (SSSR count). The van der Waals surface area contributed by atoms with Crippen molar-refractivity contribution < 1.29 is 4.74 Å². The van der Waals surface area contributed by atoms with Gasteiger partial charge in [0.15, 0.2) is 0 Å². The van der Waals surface area contributed by atoms with Crippen LogP contribution in [0.3, 0.4) is 0 Å². The standard InChI is InChI=1S/C17H21NO/c1-13-5-4-6-16(11-13)14(2)18-12-15-7-9-17(19-3)10-8-15/h4-11,14,18H,12H2,1-3H3/t14-/m1/s1. The van der Waals surface area contributed by atoms with Gasteiger partial charge in [-0.2, -0.15) is 0 Å². The zero-order valence-corrected chi connectivity index (χ0v) is 11.8. The molecule has 0 aliphatic rings. The van der Waals surface area contributed by atoms with Crippen LogP contribution in [0.1, 0.15) is 29.7 Å². The van der Waals surface area contributed by atoms with Gasteiger partial charge in [0.05, 0.1) is 7.11 Å². The molecule has 0 bridgehead atoms. The molecule has 2 heteroatoms. The number of ether oxygens (including phenoxy) is 1. The first-order valence-electron chi connectivity index (χ1n) is 6.62. The maximum Gasteiger partial charge on any atom is 0.118 e. The van der Waals surface area contributed by atoms with Crippen LogP contribution in [0.2, 0.25) is 0 Å². The molecule has 0 unspecified atom stereocenters. The molecule has 0 aliphatic carbocycles. The lowest BCUT2D eigenvalue weighted by molar-refractivity contribution is 0.414. The van der Waals surface area contributed by atoms with Crippen molar-refractivity contribution in [2.75, 3.05) is 7.11 Å². The first-order valence-corrected chi connectivity index (χ1v) is 6.62. The maximum atomic E-state index is 5.16. The maximum absolute atomic E-state index is 5.16. The topological polar surface area (TPSA) is 21.3 Å². The molecule has 0 aliphatic heterocycles. The Morgan fingerprint density at radius 1 is 1.11 bits per heavy atom. The quantitative estimate of drug-likeness (QED) is 0.876. The first-order chi connectivity index (χ1) is 9.19. The smallest absolute Gasteiger partial charge is 0.118 e. The zero-order chi connectivity index (χ0) is 13.7. The lowest BCUT2D eigenvalue weighted by Crippen LogP contribution is -2.18. The van der Waals surface area contributed by atoms with Gasteiger partial charge in [-0.3, -0.25) is 0 Å². The molecular weight excluding hydrogens is 234 g/mol. The van der Waals surface area contributed by atoms with Crippen LogP contribution >= 0.6 is 0 Å². The Morgan fingerprint density at radius 3 is 2.47 bits per heavy atom. The largest absolute Gasteiger partial charge is 0.497 e. The highest BCUT2D eigenvalue weighted by molar-refractivity contribution is 5.28. The van der Waals surface area contributed by atoms with Gasteiger partial charge in [-0.1, -0.05) is 42.0 Å². The predicted molar refractivity (Wildman–Crippen MR) is 79.4 cm³/mol. The van der Waals surface area contributed by atoms with Crippen molar-refractivity contribution >= 4 is 0 Å². The summed E-state index contributed by atoms with van der Waals surface area (Å²) in [4.78, 5) is 0. The Bertz CT molecular complexity index is 519. The van der Waals surface area contributed by atoms with Gasteiger partial charge in [0, 0.05) is 12.6 Å². The van der Waals surface area contributed by atoms with Crippen LogP contribution in [0.15, 0.2) is 48.5 Å². The Labute approximate surface area is 115 Å². The molecule has 1 N–H and O–H groups in total. The molecule has 2 aromatic rings. The van der Waals surface area contributed by atoms with Crippen molar-refractivity contribution in [3.63, 3.8) is 0 Å². The number of hydrogen-bond donors (Lipinski definition) is 1. The Morgan fingerprint density at radius 2 is 1.84 bits per heavy atom. The van der Waals surface area contributed by atoms with Crippen molar-refractivity contribution in [3.05, 3.63) is 65.2 Å². The molecule has 0 spiro atoms. The Balaban J connectivity index is 1.94. The second-order valence-corrected chi connectivity index (χ2v) is 4.86. The lowest BCUT2D eigenvalue weighted by Gasteiger charge is -2.15. The van der Waals surface area contributed by atoms with Crippen molar-refractivity contribution in [2.24, 2.45) is 0 Å². The molecule has 100 valence electrons. The van der Waals surface area contributed by atoms with Gasteiger partial charge in [0.2, 0.25) is 0 Å². The zero-order valence-electron chi connectivity index (χ0n) is 11.8. The summed E-state index contributed by atoms with van der Waals surface area (Å²) in [5.41, 5.74) is 3.89. The minimum atomic E-state index is 0.349. The minimum absolute atomic E-state index is 0.349. The van der Waals surface area contributed by atoms with Gasteiger partial charge in [-0.15, -0.1) is 0 Å². The number of hydrogen-bond acceptors (Lipinski definition) is 2. The van der Waals surface area contributed by atoms with E-state index in [1.165, 1.54) is 16.7 Å². The van der Waals surface area contributed by atoms with E-state index < -0.39 is 0 Å². The number of rotatable bonds is 5. The number of aryl methyl sites for hydroxylation is 1. The SMILES string of the molecule is COc1ccc(CN[C@H](C)c2cccc(C)c2)cc1. The summed E-state index contributed by atoms with van der Waals surface area (Å²) < 4.78 is 5.16. The van der Waals surface area contributed by atoms with Crippen molar-refractivity contribution in [1.29, 1.82) is 0 Å². The van der Waals surface area contributed by atoms with Gasteiger partial charge in [0.25, 0.3) is 0 Å². The summed E-state index contributed by atoms with van der Waals surface area (Å²) in [6, 6.07) is 17.1. The van der Waals surface area contributed by atoms with Crippen molar-refractivity contribution in [3.8, 4) is 5.75 Å². The molecule has 0 heterocycles. The third-order valence-electron chi connectivity index (χ3n) is 3.31. The van der Waals surface area contributed by atoms with Crippen LogP contribution < -0.4 is 10.1 Å². The summed E-state index contributed by atoms with van der Waals surface area (Å²) in [5, 5.41) is 3.54. The van der Waals surface area contributed by atoms with E-state index in [0.29, 0.717) is 6.04 Å². The van der Waals surface area contributed by atoms with Crippen molar-refractivity contribution in [1.82, 2.24) is 5.32 Å². The average Bonchev–Trinajstić information content (AvgIpc) is 2.45. The highest BCUT2D eigenvalue weighted by atomic mass is 16.5. The molecule has 2 aromatic carbocycles. The van der Waals surface area contributed by atoms with E-state index in [0.717, 1.165) is 12.3 Å². The fourth-order valence-electron chi connectivity index (χ4n) is 2.07. The van der Waals surface area contributed by atoms with Crippen LogP contribution in [0.5, 0.6) is 5.75 Å². The molecule has 19 heavy (non-hydrogen) atoms. The fraction of sp³-hybridized carbons (Fsp3) is 0.294. The van der Waals surface area contributed by atoms with Crippen molar-refractivity contribution in [2.45, 2.75) is 26.4 Å². The van der Waals surface area contributed by atoms with Gasteiger partial charge in [0.1, 0.15) is 5.75 Å². The van der Waals surface area contributed by atoms with E-state index >= 15 is 0 Å². The summed E-state index contributed by atoms with van der Waals surface area (Å²) in [6.45, 7) is 5.18. The monoisotopic (exact) mass is 255 g/mol. The minimum Gasteiger partial charge on any atom is -0.497 e. The lowest BCUT2D eigenvalue weighted by atomic mass is 10.1. The first kappa shape index (κ1) is 13.6. The summed E-state index contributed by atoms with van der Waals surface area (Å²) in [7, 11) is 1.69. The number of methoxy groups -OCH3 is 1. The highest BCUT2D eigenvalue weighted by Crippen LogP contribution is 2.16. The highest BCUT2D eigenvalue weighted by Gasteiger charge is 2.04. The van der Waals surface area contributed by atoms with Crippen LogP contribution in [0.25, 0.3) is 0 Å². The molecule has 1 atom stereocenters. The van der Waals surface area contributed by atoms with Gasteiger partial charge >= 0.3 is 0 Å². The summed E-state index contributed by atoms with van der Waals surface area (Å²) in [6.07, 6.45) is 0. The van der Waals surface area contributed by atoms with Crippen LogP contribution in [0, 0.1) is 6.92 Å². The van der Waals surface area contributed by atoms with E-state index in [1.807, 2.05) is 12.1 Å². The second-order valence-electron chi connectivity index (χ2n) is 4.86. The number of benzene rings is 2. The Kier molecular flexibility index (Phi) is 4.58. The predicted octanol–water partition coefficient (Wildman–Crippen LogP) is 3.85. The second kappa shape index (κ2) is 6.39. The third kappa shape index (κ3) is 3.83. The van der Waals surface area contributed by atoms with E-state index in [9.17, 15) is 0 Å². The van der Waals surface area contributed by atoms with Gasteiger partial charge in [-0.25, -0.2) is 0 Å². The molecule has 0 aromatic heterocycles. The molecule has 0 saturated carbocycles.